The van der Waals surface area contributed by atoms with Crippen LogP contribution in [0.5, 0.6) is 5.75 Å². The second kappa shape index (κ2) is 6.79. The largest absolute Gasteiger partial charge is 0.496 e. The summed E-state index contributed by atoms with van der Waals surface area (Å²) in [6.07, 6.45) is 0.905. The molecule has 0 bridgehead atoms. The fourth-order valence-electron chi connectivity index (χ4n) is 1.59. The van der Waals surface area contributed by atoms with Gasteiger partial charge in [0.15, 0.2) is 0 Å². The average Bonchev–Trinajstić information content (AvgIpc) is 2.36. The Kier molecular flexibility index (Phi) is 5.36. The third-order valence-corrected chi connectivity index (χ3v) is 2.61. The molecular formula is C14H20N2O2. The molecule has 18 heavy (non-hydrogen) atoms. The molecule has 0 aliphatic rings. The predicted octanol–water partition coefficient (Wildman–Crippen LogP) is 2.93. The van der Waals surface area contributed by atoms with E-state index in [0.29, 0.717) is 12.3 Å². The monoisotopic (exact) mass is 248 g/mol. The first-order chi connectivity index (χ1) is 8.58. The van der Waals surface area contributed by atoms with Crippen LogP contribution in [0.2, 0.25) is 0 Å². The summed E-state index contributed by atoms with van der Waals surface area (Å²) in [4.78, 5) is 15.5. The molecule has 98 valence electrons. The fourth-order valence-corrected chi connectivity index (χ4v) is 1.59. The van der Waals surface area contributed by atoms with Crippen molar-refractivity contribution in [1.29, 1.82) is 0 Å². The first-order valence-electron chi connectivity index (χ1n) is 6.06. The van der Waals surface area contributed by atoms with E-state index < -0.39 is 0 Å². The first-order valence-corrected chi connectivity index (χ1v) is 6.06. The van der Waals surface area contributed by atoms with Crippen molar-refractivity contribution in [2.75, 3.05) is 13.7 Å². The van der Waals surface area contributed by atoms with Crippen molar-refractivity contribution >= 4 is 11.7 Å². The molecule has 0 aromatic heterocycles. The maximum Gasteiger partial charge on any atom is 0.341 e. The van der Waals surface area contributed by atoms with Gasteiger partial charge in [0.1, 0.15) is 5.75 Å². The second-order valence-corrected chi connectivity index (χ2v) is 4.11. The number of methoxy groups -OCH3 is 1. The molecule has 0 atom stereocenters. The molecule has 0 heterocycles. The number of aryl methyl sites for hydroxylation is 1. The first kappa shape index (κ1) is 14.2. The highest BCUT2D eigenvalue weighted by molar-refractivity contribution is 6.04. The van der Waals surface area contributed by atoms with Crippen molar-refractivity contribution in [2.24, 2.45) is 4.99 Å². The van der Waals surface area contributed by atoms with Crippen molar-refractivity contribution < 1.29 is 9.53 Å². The molecule has 4 nitrogen and oxygen atoms in total. The van der Waals surface area contributed by atoms with Crippen LogP contribution in [-0.2, 0) is 0 Å². The summed E-state index contributed by atoms with van der Waals surface area (Å²) in [6.45, 7) is 6.44. The molecule has 2 amide bonds. The molecule has 1 aromatic carbocycles. The quantitative estimate of drug-likeness (QED) is 0.833. The Morgan fingerprint density at radius 1 is 1.44 bits per heavy atom. The number of carbonyl (C=O) groups is 1. The Labute approximate surface area is 108 Å². The lowest BCUT2D eigenvalue weighted by molar-refractivity contribution is 0.249. The van der Waals surface area contributed by atoms with Gasteiger partial charge >= 0.3 is 6.03 Å². The van der Waals surface area contributed by atoms with Crippen molar-refractivity contribution in [1.82, 2.24) is 5.32 Å². The van der Waals surface area contributed by atoms with E-state index in [1.807, 2.05) is 39.0 Å². The van der Waals surface area contributed by atoms with Crippen LogP contribution in [0, 0.1) is 6.92 Å². The SMILES string of the molecule is CCCNC(=O)/N=C(\C)c1ccc(OC)c(C)c1. The van der Waals surface area contributed by atoms with Crippen LogP contribution in [0.15, 0.2) is 23.2 Å². The van der Waals surface area contributed by atoms with E-state index in [1.165, 1.54) is 0 Å². The smallest absolute Gasteiger partial charge is 0.341 e. The van der Waals surface area contributed by atoms with E-state index in [9.17, 15) is 4.79 Å². The van der Waals surface area contributed by atoms with Gasteiger partial charge in [-0.15, -0.1) is 0 Å². The van der Waals surface area contributed by atoms with Gasteiger partial charge in [-0.2, -0.15) is 4.99 Å². The molecule has 1 aromatic rings. The van der Waals surface area contributed by atoms with Gasteiger partial charge in [0, 0.05) is 6.54 Å². The number of hydrogen-bond acceptors (Lipinski definition) is 2. The third-order valence-electron chi connectivity index (χ3n) is 2.61. The Bertz CT molecular complexity index is 453. The molecule has 0 aliphatic heterocycles. The highest BCUT2D eigenvalue weighted by Crippen LogP contribution is 2.18. The van der Waals surface area contributed by atoms with E-state index >= 15 is 0 Å². The lowest BCUT2D eigenvalue weighted by atomic mass is 10.1. The van der Waals surface area contributed by atoms with Gasteiger partial charge < -0.3 is 10.1 Å². The third kappa shape index (κ3) is 3.87. The van der Waals surface area contributed by atoms with Crippen LogP contribution in [0.3, 0.4) is 0 Å². The molecule has 1 N–H and O–H groups in total. The standard InChI is InChI=1S/C14H20N2O2/c1-5-8-15-14(17)16-11(3)12-6-7-13(18-4)10(2)9-12/h6-7,9H,5,8H2,1-4H3,(H,15,17)/b16-11+. The average molecular weight is 248 g/mol. The summed E-state index contributed by atoms with van der Waals surface area (Å²) < 4.78 is 5.19. The normalized spacial score (nSPS) is 11.2. The van der Waals surface area contributed by atoms with E-state index in [4.69, 9.17) is 4.74 Å². The second-order valence-electron chi connectivity index (χ2n) is 4.11. The topological polar surface area (TPSA) is 50.7 Å². The maximum atomic E-state index is 11.5. The van der Waals surface area contributed by atoms with Crippen LogP contribution >= 0.6 is 0 Å². The van der Waals surface area contributed by atoms with Crippen molar-refractivity contribution in [2.45, 2.75) is 27.2 Å². The summed E-state index contributed by atoms with van der Waals surface area (Å²) in [5, 5.41) is 2.72. The molecule has 1 rings (SSSR count). The molecule has 0 aliphatic carbocycles. The Morgan fingerprint density at radius 2 is 2.17 bits per heavy atom. The summed E-state index contributed by atoms with van der Waals surface area (Å²) in [7, 11) is 1.64. The number of aliphatic imine (C=N–C) groups is 1. The molecular weight excluding hydrogens is 228 g/mol. The van der Waals surface area contributed by atoms with E-state index in [-0.39, 0.29) is 6.03 Å². The van der Waals surface area contributed by atoms with Crippen molar-refractivity contribution in [3.05, 3.63) is 29.3 Å². The van der Waals surface area contributed by atoms with Crippen molar-refractivity contribution in [3.63, 3.8) is 0 Å². The fraction of sp³-hybridized carbons (Fsp3) is 0.429. The zero-order valence-corrected chi connectivity index (χ0v) is 11.4. The van der Waals surface area contributed by atoms with Crippen LogP contribution in [0.4, 0.5) is 4.79 Å². The zero-order valence-electron chi connectivity index (χ0n) is 11.4. The number of nitrogens with one attached hydrogen (secondary N) is 1. The Balaban J connectivity index is 2.83. The Morgan fingerprint density at radius 3 is 2.72 bits per heavy atom. The Hall–Kier alpha value is -1.84. The molecule has 0 saturated heterocycles. The molecule has 0 fully saturated rings. The van der Waals surface area contributed by atoms with Crippen LogP contribution in [-0.4, -0.2) is 25.4 Å². The van der Waals surface area contributed by atoms with Gasteiger partial charge in [-0.1, -0.05) is 6.92 Å². The molecule has 0 radical (unpaired) electrons. The molecule has 0 unspecified atom stereocenters. The molecule has 0 spiro atoms. The minimum absolute atomic E-state index is 0.289. The number of urea groups is 1. The van der Waals surface area contributed by atoms with Gasteiger partial charge in [-0.05, 0) is 49.6 Å². The van der Waals surface area contributed by atoms with Crippen molar-refractivity contribution in [3.8, 4) is 5.75 Å². The summed E-state index contributed by atoms with van der Waals surface area (Å²) in [5.74, 6) is 0.835. The number of amides is 2. The number of carbonyl (C=O) groups excluding carboxylic acids is 1. The highest BCUT2D eigenvalue weighted by Gasteiger charge is 2.04. The van der Waals surface area contributed by atoms with Gasteiger partial charge in [0.05, 0.1) is 12.8 Å². The zero-order chi connectivity index (χ0) is 13.5. The molecule has 4 heteroatoms. The van der Waals surface area contributed by atoms with Crippen LogP contribution < -0.4 is 10.1 Å². The van der Waals surface area contributed by atoms with Gasteiger partial charge in [0.25, 0.3) is 0 Å². The minimum atomic E-state index is -0.289. The van der Waals surface area contributed by atoms with Gasteiger partial charge in [-0.3, -0.25) is 0 Å². The summed E-state index contributed by atoms with van der Waals surface area (Å²) in [5.41, 5.74) is 2.66. The number of hydrogen-bond donors (Lipinski definition) is 1. The van der Waals surface area contributed by atoms with E-state index in [1.54, 1.807) is 7.11 Å². The molecule has 0 saturated carbocycles. The predicted molar refractivity (Wildman–Crippen MR) is 73.6 cm³/mol. The van der Waals surface area contributed by atoms with Gasteiger partial charge in [-0.25, -0.2) is 4.79 Å². The minimum Gasteiger partial charge on any atom is -0.496 e. The lowest BCUT2D eigenvalue weighted by Crippen LogP contribution is -2.21. The number of benzene rings is 1. The summed E-state index contributed by atoms with van der Waals surface area (Å²) >= 11 is 0. The number of rotatable bonds is 4. The van der Waals surface area contributed by atoms with E-state index in [0.717, 1.165) is 23.3 Å². The maximum absolute atomic E-state index is 11.5. The van der Waals surface area contributed by atoms with Crippen LogP contribution in [0.25, 0.3) is 0 Å². The highest BCUT2D eigenvalue weighted by atomic mass is 16.5. The lowest BCUT2D eigenvalue weighted by Gasteiger charge is -2.07. The summed E-state index contributed by atoms with van der Waals surface area (Å²) in [6, 6.07) is 5.46. The van der Waals surface area contributed by atoms with E-state index in [2.05, 4.69) is 10.3 Å². The van der Waals surface area contributed by atoms with Crippen LogP contribution in [0.1, 0.15) is 31.4 Å². The van der Waals surface area contributed by atoms with Gasteiger partial charge in [0.2, 0.25) is 0 Å². The number of nitrogens with zero attached hydrogens (tertiary/aromatic N) is 1. The number of ether oxygens (including phenoxy) is 1.